The molecule has 2 aliphatic rings. The normalized spacial score (nSPS) is 28.6. The molecule has 9 heteroatoms. The SMILES string of the molecule is O=C1[C@H](CC=Cc2ccc(F)cc2)[C@@H](c2ccc(C[C@@H]3O[C@H](CO)[C@@H](O)[C@H](O)[C@H]3O)cc2)N1c1ccc(F)cc1. The Balaban J connectivity index is 1.34. The summed E-state index contributed by atoms with van der Waals surface area (Å²) in [6.07, 6.45) is -1.57. The van der Waals surface area contributed by atoms with E-state index in [4.69, 9.17) is 4.74 Å². The van der Waals surface area contributed by atoms with Gasteiger partial charge in [0.05, 0.1) is 24.7 Å². The number of ether oxygens (including phenoxy) is 1. The monoisotopic (exact) mass is 551 g/mol. The van der Waals surface area contributed by atoms with Gasteiger partial charge in [0.15, 0.2) is 0 Å². The minimum Gasteiger partial charge on any atom is -0.394 e. The smallest absolute Gasteiger partial charge is 0.233 e. The number of halogens is 2. The average Bonchev–Trinajstić information content (AvgIpc) is 2.96. The highest BCUT2D eigenvalue weighted by atomic mass is 19.1. The third-order valence-corrected chi connectivity index (χ3v) is 7.64. The molecule has 210 valence electrons. The lowest BCUT2D eigenvalue weighted by atomic mass is 9.79. The number of allylic oxidation sites excluding steroid dienone is 1. The van der Waals surface area contributed by atoms with Crippen molar-refractivity contribution in [2.24, 2.45) is 5.92 Å². The highest BCUT2D eigenvalue weighted by Crippen LogP contribution is 2.45. The minimum absolute atomic E-state index is 0.0919. The van der Waals surface area contributed by atoms with E-state index in [9.17, 15) is 34.0 Å². The molecule has 2 saturated heterocycles. The Morgan fingerprint density at radius 1 is 0.800 bits per heavy atom. The molecule has 0 bridgehead atoms. The number of aliphatic hydroxyl groups excluding tert-OH is 4. The number of aliphatic hydroxyl groups is 4. The van der Waals surface area contributed by atoms with E-state index in [1.807, 2.05) is 36.4 Å². The number of carbonyl (C=O) groups is 1. The molecule has 7 nitrogen and oxygen atoms in total. The number of hydrogen-bond acceptors (Lipinski definition) is 6. The van der Waals surface area contributed by atoms with E-state index >= 15 is 0 Å². The molecular weight excluding hydrogens is 520 g/mol. The quantitative estimate of drug-likeness (QED) is 0.320. The molecule has 1 amide bonds. The van der Waals surface area contributed by atoms with Crippen molar-refractivity contribution in [3.8, 4) is 0 Å². The van der Waals surface area contributed by atoms with Crippen LogP contribution < -0.4 is 4.90 Å². The van der Waals surface area contributed by atoms with Crippen LogP contribution >= 0.6 is 0 Å². The van der Waals surface area contributed by atoms with Gasteiger partial charge in [0.1, 0.15) is 36.1 Å². The van der Waals surface area contributed by atoms with Gasteiger partial charge in [0.2, 0.25) is 5.91 Å². The Labute approximate surface area is 230 Å². The first-order valence-corrected chi connectivity index (χ1v) is 13.2. The van der Waals surface area contributed by atoms with Crippen LogP contribution in [0.15, 0.2) is 78.9 Å². The van der Waals surface area contributed by atoms with Crippen molar-refractivity contribution in [3.05, 3.63) is 107 Å². The van der Waals surface area contributed by atoms with E-state index in [-0.39, 0.29) is 30.1 Å². The van der Waals surface area contributed by atoms with E-state index in [1.165, 1.54) is 24.3 Å². The summed E-state index contributed by atoms with van der Waals surface area (Å²) in [6, 6.07) is 19.0. The Hall–Kier alpha value is -3.47. The summed E-state index contributed by atoms with van der Waals surface area (Å²) < 4.78 is 32.4. The van der Waals surface area contributed by atoms with Crippen LogP contribution in [-0.2, 0) is 16.0 Å². The predicted molar refractivity (Wildman–Crippen MR) is 144 cm³/mol. The molecule has 0 aliphatic carbocycles. The molecule has 4 N–H and O–H groups in total. The molecule has 3 aromatic rings. The van der Waals surface area contributed by atoms with Gasteiger partial charge in [-0.3, -0.25) is 4.79 Å². The first kappa shape index (κ1) is 28.1. The Morgan fingerprint density at radius 2 is 1.40 bits per heavy atom. The zero-order valence-corrected chi connectivity index (χ0v) is 21.6. The highest BCUT2D eigenvalue weighted by molar-refractivity contribution is 6.03. The molecule has 2 fully saturated rings. The number of carbonyl (C=O) groups excluding carboxylic acids is 1. The standard InChI is InChI=1S/C31H31F2NO6/c32-21-10-6-18(7-11-21)2-1-3-24-27(34(31(24)39)23-14-12-22(33)13-15-23)20-8-4-19(5-9-20)16-25-28(36)30(38)29(37)26(17-35)40-25/h1-2,4-15,24-30,35-38H,3,16-17H2/t24-,25+,26-,27-,28+,29-,30-/m1/s1. The van der Waals surface area contributed by atoms with Gasteiger partial charge in [-0.1, -0.05) is 48.6 Å². The van der Waals surface area contributed by atoms with E-state index in [2.05, 4.69) is 0 Å². The fourth-order valence-corrected chi connectivity index (χ4v) is 5.40. The molecule has 0 aromatic heterocycles. The third-order valence-electron chi connectivity index (χ3n) is 7.64. The summed E-state index contributed by atoms with van der Waals surface area (Å²) in [4.78, 5) is 14.9. The molecule has 3 aromatic carbocycles. The van der Waals surface area contributed by atoms with Gasteiger partial charge >= 0.3 is 0 Å². The zero-order chi connectivity index (χ0) is 28.4. The second-order valence-corrected chi connectivity index (χ2v) is 10.2. The highest BCUT2D eigenvalue weighted by Gasteiger charge is 2.48. The molecule has 0 saturated carbocycles. The van der Waals surface area contributed by atoms with Crippen LogP contribution in [-0.4, -0.2) is 63.5 Å². The van der Waals surface area contributed by atoms with Crippen molar-refractivity contribution < 1.29 is 38.7 Å². The van der Waals surface area contributed by atoms with Crippen LogP contribution in [0.2, 0.25) is 0 Å². The molecule has 0 unspecified atom stereocenters. The molecule has 0 spiro atoms. The fourth-order valence-electron chi connectivity index (χ4n) is 5.40. The number of anilines is 1. The predicted octanol–water partition coefficient (Wildman–Crippen LogP) is 3.16. The zero-order valence-electron chi connectivity index (χ0n) is 21.6. The lowest BCUT2D eigenvalue weighted by Crippen LogP contribution is -2.59. The van der Waals surface area contributed by atoms with Crippen LogP contribution in [0, 0.1) is 17.6 Å². The molecular formula is C31H31F2NO6. The van der Waals surface area contributed by atoms with Gasteiger partial charge in [-0.05, 0) is 59.5 Å². The van der Waals surface area contributed by atoms with E-state index in [0.29, 0.717) is 12.1 Å². The van der Waals surface area contributed by atoms with Gasteiger partial charge in [0, 0.05) is 12.1 Å². The molecule has 7 atom stereocenters. The van der Waals surface area contributed by atoms with Crippen molar-refractivity contribution in [1.82, 2.24) is 0 Å². The molecule has 40 heavy (non-hydrogen) atoms. The number of benzene rings is 3. The number of rotatable bonds is 8. The Kier molecular flexibility index (Phi) is 8.39. The van der Waals surface area contributed by atoms with Gasteiger partial charge in [-0.2, -0.15) is 0 Å². The number of β-lactam (4-membered cyclic amide) rings is 1. The number of hydrogen-bond donors (Lipinski definition) is 4. The molecule has 5 rings (SSSR count). The van der Waals surface area contributed by atoms with Crippen molar-refractivity contribution in [2.45, 2.75) is 49.4 Å². The summed E-state index contributed by atoms with van der Waals surface area (Å²) in [5.74, 6) is -1.18. The Morgan fingerprint density at radius 3 is 2.02 bits per heavy atom. The van der Waals surface area contributed by atoms with Crippen LogP contribution in [0.5, 0.6) is 0 Å². The van der Waals surface area contributed by atoms with Gasteiger partial charge in [-0.25, -0.2) is 8.78 Å². The second-order valence-electron chi connectivity index (χ2n) is 10.2. The number of nitrogens with zero attached hydrogens (tertiary/aromatic N) is 1. The molecule has 2 aliphatic heterocycles. The van der Waals surface area contributed by atoms with Crippen molar-refractivity contribution in [2.75, 3.05) is 11.5 Å². The first-order chi connectivity index (χ1) is 19.3. The summed E-state index contributed by atoms with van der Waals surface area (Å²) in [7, 11) is 0. The summed E-state index contributed by atoms with van der Waals surface area (Å²) in [5.41, 5.74) is 3.06. The van der Waals surface area contributed by atoms with E-state index in [1.54, 1.807) is 29.2 Å². The fraction of sp³-hybridized carbons (Fsp3) is 0.323. The van der Waals surface area contributed by atoms with Crippen molar-refractivity contribution in [1.29, 1.82) is 0 Å². The van der Waals surface area contributed by atoms with Gasteiger partial charge < -0.3 is 30.1 Å². The van der Waals surface area contributed by atoms with E-state index in [0.717, 1.165) is 16.7 Å². The van der Waals surface area contributed by atoms with Gasteiger partial charge in [0.25, 0.3) is 0 Å². The van der Waals surface area contributed by atoms with Crippen LogP contribution in [0.3, 0.4) is 0 Å². The third kappa shape index (κ3) is 5.70. The number of amides is 1. The summed E-state index contributed by atoms with van der Waals surface area (Å²) >= 11 is 0. The van der Waals surface area contributed by atoms with Crippen LogP contribution in [0.4, 0.5) is 14.5 Å². The second kappa shape index (κ2) is 12.0. The van der Waals surface area contributed by atoms with Gasteiger partial charge in [-0.15, -0.1) is 0 Å². The largest absolute Gasteiger partial charge is 0.394 e. The lowest BCUT2D eigenvalue weighted by molar-refractivity contribution is -0.228. The van der Waals surface area contributed by atoms with Crippen molar-refractivity contribution in [3.63, 3.8) is 0 Å². The lowest BCUT2D eigenvalue weighted by Gasteiger charge is -2.47. The molecule has 0 radical (unpaired) electrons. The summed E-state index contributed by atoms with van der Waals surface area (Å²) in [5, 5.41) is 39.9. The molecule has 2 heterocycles. The van der Waals surface area contributed by atoms with Crippen LogP contribution in [0.25, 0.3) is 6.08 Å². The average molecular weight is 552 g/mol. The van der Waals surface area contributed by atoms with E-state index < -0.39 is 42.9 Å². The topological polar surface area (TPSA) is 110 Å². The minimum atomic E-state index is -1.44. The van der Waals surface area contributed by atoms with Crippen molar-refractivity contribution >= 4 is 17.7 Å². The maximum absolute atomic E-state index is 13.6. The van der Waals surface area contributed by atoms with Crippen LogP contribution in [0.1, 0.15) is 29.2 Å². The summed E-state index contributed by atoms with van der Waals surface area (Å²) in [6.45, 7) is -0.494. The Bertz CT molecular complexity index is 1330. The maximum atomic E-state index is 13.6. The maximum Gasteiger partial charge on any atom is 0.233 e. The first-order valence-electron chi connectivity index (χ1n) is 13.2.